The highest BCUT2D eigenvalue weighted by molar-refractivity contribution is 5.79. The molecular weight excluding hydrogens is 226 g/mol. The minimum atomic E-state index is 0.291. The molecule has 1 unspecified atom stereocenters. The van der Waals surface area contributed by atoms with Crippen LogP contribution in [0.1, 0.15) is 32.1 Å². The summed E-state index contributed by atoms with van der Waals surface area (Å²) < 4.78 is 0. The van der Waals surface area contributed by atoms with Crippen LogP contribution in [0.2, 0.25) is 0 Å². The predicted octanol–water partition coefficient (Wildman–Crippen LogP) is 0.683. The minimum Gasteiger partial charge on any atom is -0.341 e. The first-order valence-corrected chi connectivity index (χ1v) is 7.58. The van der Waals surface area contributed by atoms with Crippen molar-refractivity contribution in [3.63, 3.8) is 0 Å². The van der Waals surface area contributed by atoms with E-state index in [9.17, 15) is 4.79 Å². The Hall–Kier alpha value is -0.610. The first kappa shape index (κ1) is 12.4. The molecule has 3 saturated heterocycles. The molecule has 0 bridgehead atoms. The molecule has 0 spiro atoms. The van der Waals surface area contributed by atoms with E-state index in [0.717, 1.165) is 45.4 Å². The highest BCUT2D eigenvalue weighted by Gasteiger charge is 2.33. The molecule has 4 heteroatoms. The van der Waals surface area contributed by atoms with E-state index < -0.39 is 0 Å². The summed E-state index contributed by atoms with van der Waals surface area (Å²) in [5, 5.41) is 3.34. The number of carbonyl (C=O) groups excluding carboxylic acids is 1. The Labute approximate surface area is 110 Å². The second-order valence-corrected chi connectivity index (χ2v) is 5.99. The lowest BCUT2D eigenvalue weighted by Gasteiger charge is -2.30. The van der Waals surface area contributed by atoms with Crippen molar-refractivity contribution in [1.29, 1.82) is 0 Å². The Balaban J connectivity index is 1.61. The fraction of sp³-hybridized carbons (Fsp3) is 0.929. The Morgan fingerprint density at radius 3 is 2.61 bits per heavy atom. The number of hydrogen-bond donors (Lipinski definition) is 1. The smallest absolute Gasteiger partial charge is 0.225 e. The third-order valence-electron chi connectivity index (χ3n) is 4.80. The fourth-order valence-electron chi connectivity index (χ4n) is 3.73. The standard InChI is InChI=1S/C14H25N3O/c18-14(12-4-6-15-7-5-12)17-10-2-9-16-8-1-3-13(16)11-17/h12-13,15H,1-11H2. The maximum atomic E-state index is 12.6. The maximum Gasteiger partial charge on any atom is 0.225 e. The molecule has 1 atom stereocenters. The van der Waals surface area contributed by atoms with Gasteiger partial charge in [-0.1, -0.05) is 0 Å². The van der Waals surface area contributed by atoms with Crippen LogP contribution < -0.4 is 5.32 Å². The first-order valence-electron chi connectivity index (χ1n) is 7.58. The van der Waals surface area contributed by atoms with E-state index in [2.05, 4.69) is 15.1 Å². The van der Waals surface area contributed by atoms with E-state index in [0.29, 0.717) is 17.9 Å². The quantitative estimate of drug-likeness (QED) is 0.744. The lowest BCUT2D eigenvalue weighted by atomic mass is 9.96. The van der Waals surface area contributed by atoms with Crippen LogP contribution in [0.4, 0.5) is 0 Å². The second-order valence-electron chi connectivity index (χ2n) is 5.99. The van der Waals surface area contributed by atoms with Gasteiger partial charge in [0.05, 0.1) is 0 Å². The van der Waals surface area contributed by atoms with Crippen molar-refractivity contribution in [2.45, 2.75) is 38.1 Å². The zero-order valence-electron chi connectivity index (χ0n) is 11.2. The molecule has 4 nitrogen and oxygen atoms in total. The third kappa shape index (κ3) is 2.54. The number of amides is 1. The van der Waals surface area contributed by atoms with Crippen LogP contribution in [0, 0.1) is 5.92 Å². The van der Waals surface area contributed by atoms with Gasteiger partial charge in [-0.2, -0.15) is 0 Å². The summed E-state index contributed by atoms with van der Waals surface area (Å²) in [6.45, 7) is 6.44. The van der Waals surface area contributed by atoms with E-state index in [1.165, 1.54) is 25.9 Å². The number of fused-ring (bicyclic) bond motifs is 1. The molecule has 0 aliphatic carbocycles. The van der Waals surface area contributed by atoms with Crippen molar-refractivity contribution in [1.82, 2.24) is 15.1 Å². The summed E-state index contributed by atoms with van der Waals surface area (Å²) in [7, 11) is 0. The zero-order valence-corrected chi connectivity index (χ0v) is 11.2. The highest BCUT2D eigenvalue weighted by Crippen LogP contribution is 2.23. The van der Waals surface area contributed by atoms with Crippen LogP contribution in [-0.2, 0) is 4.79 Å². The summed E-state index contributed by atoms with van der Waals surface area (Å²) in [5.74, 6) is 0.726. The van der Waals surface area contributed by atoms with Gasteiger partial charge >= 0.3 is 0 Å². The average molecular weight is 251 g/mol. The molecule has 18 heavy (non-hydrogen) atoms. The number of hydrogen-bond acceptors (Lipinski definition) is 3. The summed E-state index contributed by atoms with van der Waals surface area (Å²) in [6, 6.07) is 0.651. The average Bonchev–Trinajstić information content (AvgIpc) is 2.76. The van der Waals surface area contributed by atoms with Crippen LogP contribution in [0.5, 0.6) is 0 Å². The number of rotatable bonds is 1. The van der Waals surface area contributed by atoms with Gasteiger partial charge in [0.25, 0.3) is 0 Å². The first-order chi connectivity index (χ1) is 8.84. The molecule has 3 aliphatic rings. The topological polar surface area (TPSA) is 35.6 Å². The molecule has 1 amide bonds. The minimum absolute atomic E-state index is 0.291. The van der Waals surface area contributed by atoms with Crippen LogP contribution in [-0.4, -0.2) is 61.0 Å². The second kappa shape index (κ2) is 5.57. The maximum absolute atomic E-state index is 12.6. The van der Waals surface area contributed by atoms with Crippen LogP contribution in [0.15, 0.2) is 0 Å². The van der Waals surface area contributed by atoms with Crippen LogP contribution >= 0.6 is 0 Å². The predicted molar refractivity (Wildman–Crippen MR) is 71.4 cm³/mol. The molecule has 1 N–H and O–H groups in total. The molecule has 3 fully saturated rings. The molecular formula is C14H25N3O. The lowest BCUT2D eigenvalue weighted by Crippen LogP contribution is -2.44. The summed E-state index contributed by atoms with van der Waals surface area (Å²) in [6.07, 6.45) is 5.83. The van der Waals surface area contributed by atoms with Crippen molar-refractivity contribution in [3.05, 3.63) is 0 Å². The Morgan fingerprint density at radius 2 is 1.78 bits per heavy atom. The van der Waals surface area contributed by atoms with Gasteiger partial charge in [0, 0.05) is 31.6 Å². The summed E-state index contributed by atoms with van der Waals surface area (Å²) in [5.41, 5.74) is 0. The summed E-state index contributed by atoms with van der Waals surface area (Å²) in [4.78, 5) is 17.3. The lowest BCUT2D eigenvalue weighted by molar-refractivity contribution is -0.136. The van der Waals surface area contributed by atoms with Crippen molar-refractivity contribution in [2.75, 3.05) is 39.3 Å². The van der Waals surface area contributed by atoms with Gasteiger partial charge in [0.15, 0.2) is 0 Å². The van der Waals surface area contributed by atoms with E-state index in [-0.39, 0.29) is 0 Å². The van der Waals surface area contributed by atoms with Gasteiger partial charge < -0.3 is 10.2 Å². The fourth-order valence-corrected chi connectivity index (χ4v) is 3.73. The molecule has 3 rings (SSSR count). The molecule has 102 valence electrons. The SMILES string of the molecule is O=C(C1CCNCC1)N1CCCN2CCCC2C1. The molecule has 0 saturated carbocycles. The number of piperidine rings is 1. The Kier molecular flexibility index (Phi) is 3.85. The van der Waals surface area contributed by atoms with Gasteiger partial charge in [-0.15, -0.1) is 0 Å². The third-order valence-corrected chi connectivity index (χ3v) is 4.80. The zero-order chi connectivity index (χ0) is 12.4. The van der Waals surface area contributed by atoms with Crippen molar-refractivity contribution < 1.29 is 4.79 Å². The monoisotopic (exact) mass is 251 g/mol. The van der Waals surface area contributed by atoms with Gasteiger partial charge in [-0.25, -0.2) is 0 Å². The van der Waals surface area contributed by atoms with E-state index in [1.54, 1.807) is 0 Å². The normalized spacial score (nSPS) is 31.1. The largest absolute Gasteiger partial charge is 0.341 e. The molecule has 0 aromatic carbocycles. The van der Waals surface area contributed by atoms with Crippen LogP contribution in [0.3, 0.4) is 0 Å². The Bertz CT molecular complexity index is 301. The van der Waals surface area contributed by atoms with Gasteiger partial charge in [0.2, 0.25) is 5.91 Å². The molecule has 3 heterocycles. The van der Waals surface area contributed by atoms with Gasteiger partial charge in [-0.05, 0) is 51.7 Å². The molecule has 0 radical (unpaired) electrons. The summed E-state index contributed by atoms with van der Waals surface area (Å²) >= 11 is 0. The molecule has 0 aromatic heterocycles. The number of nitrogens with one attached hydrogen (secondary N) is 1. The highest BCUT2D eigenvalue weighted by atomic mass is 16.2. The van der Waals surface area contributed by atoms with Gasteiger partial charge in [0.1, 0.15) is 0 Å². The number of carbonyl (C=O) groups is 1. The Morgan fingerprint density at radius 1 is 1.00 bits per heavy atom. The molecule has 0 aromatic rings. The van der Waals surface area contributed by atoms with E-state index in [4.69, 9.17) is 0 Å². The van der Waals surface area contributed by atoms with E-state index in [1.807, 2.05) is 0 Å². The van der Waals surface area contributed by atoms with E-state index >= 15 is 0 Å². The van der Waals surface area contributed by atoms with Crippen molar-refractivity contribution in [2.24, 2.45) is 5.92 Å². The molecule has 3 aliphatic heterocycles. The van der Waals surface area contributed by atoms with Gasteiger partial charge in [-0.3, -0.25) is 9.69 Å². The van der Waals surface area contributed by atoms with Crippen molar-refractivity contribution >= 4 is 5.91 Å². The number of nitrogens with zero attached hydrogens (tertiary/aromatic N) is 2. The van der Waals surface area contributed by atoms with Crippen molar-refractivity contribution in [3.8, 4) is 0 Å². The van der Waals surface area contributed by atoms with Crippen LogP contribution in [0.25, 0.3) is 0 Å².